The van der Waals surface area contributed by atoms with E-state index in [9.17, 15) is 21.6 Å². The van der Waals surface area contributed by atoms with Gasteiger partial charge in [0.2, 0.25) is 5.89 Å². The van der Waals surface area contributed by atoms with E-state index >= 15 is 0 Å². The fourth-order valence-electron chi connectivity index (χ4n) is 3.89. The first-order valence-corrected chi connectivity index (χ1v) is 15.1. The van der Waals surface area contributed by atoms with Crippen molar-refractivity contribution in [1.82, 2.24) is 20.0 Å². The number of aromatic nitrogens is 4. The summed E-state index contributed by atoms with van der Waals surface area (Å²) in [4.78, 5) is 4.34. The number of aryl methyl sites for hydroxylation is 1. The van der Waals surface area contributed by atoms with Gasteiger partial charge >= 0.3 is 16.5 Å². The molecule has 0 unspecified atom stereocenters. The molecular weight excluding hydrogens is 629 g/mol. The third-order valence-corrected chi connectivity index (χ3v) is 7.41. The van der Waals surface area contributed by atoms with Crippen molar-refractivity contribution < 1.29 is 44.4 Å². The van der Waals surface area contributed by atoms with Gasteiger partial charge in [0, 0.05) is 6.08 Å². The second kappa shape index (κ2) is 14.3. The number of nitrogens with zero attached hydrogens (tertiary/aromatic N) is 4. The van der Waals surface area contributed by atoms with Crippen LogP contribution in [0.2, 0.25) is 0 Å². The summed E-state index contributed by atoms with van der Waals surface area (Å²) in [5, 5.41) is 7.64. The highest BCUT2D eigenvalue weighted by Crippen LogP contribution is 2.23. The summed E-state index contributed by atoms with van der Waals surface area (Å²) in [6.45, 7) is 2.98. The largest absolute Gasteiger partial charge is 0.573 e. The van der Waals surface area contributed by atoms with Gasteiger partial charge in [-0.1, -0.05) is 52.3 Å². The molecule has 0 fully saturated rings. The van der Waals surface area contributed by atoms with Gasteiger partial charge in [-0.3, -0.25) is 0 Å². The minimum absolute atomic E-state index is 0.0266. The number of hydrogen-bond donors (Lipinski definition) is 0. The Morgan fingerprint density at radius 3 is 2.35 bits per heavy atom. The Bertz CT molecular complexity index is 1850. The predicted octanol–water partition coefficient (Wildman–Crippen LogP) is 6.21. The summed E-state index contributed by atoms with van der Waals surface area (Å²) in [6, 6.07) is 19.0. The molecule has 0 aliphatic rings. The Morgan fingerprint density at radius 2 is 1.63 bits per heavy atom. The second-order valence-corrected chi connectivity index (χ2v) is 11.3. The summed E-state index contributed by atoms with van der Waals surface area (Å²) in [7, 11) is -4.01. The summed E-state index contributed by atoms with van der Waals surface area (Å²) in [5.41, 5.74) is 3.02. The molecule has 240 valence electrons. The van der Waals surface area contributed by atoms with Crippen molar-refractivity contribution in [2.24, 2.45) is 0 Å². The first-order valence-electron chi connectivity index (χ1n) is 13.7. The normalized spacial score (nSPS) is 12.0. The topological polar surface area (TPSA) is 128 Å². The van der Waals surface area contributed by atoms with E-state index in [1.54, 1.807) is 36.4 Å². The van der Waals surface area contributed by atoms with E-state index in [4.69, 9.17) is 18.1 Å². The lowest BCUT2D eigenvalue weighted by molar-refractivity contribution is -0.274. The molecule has 0 aliphatic carbocycles. The molecule has 0 saturated carbocycles. The molecule has 15 heteroatoms. The van der Waals surface area contributed by atoms with Gasteiger partial charge in [-0.05, 0) is 60.5 Å². The Hall–Kier alpha value is -5.15. The van der Waals surface area contributed by atoms with Crippen LogP contribution in [0.15, 0.2) is 94.6 Å². The van der Waals surface area contributed by atoms with Crippen molar-refractivity contribution in [3.05, 3.63) is 114 Å². The molecule has 2 heterocycles. The van der Waals surface area contributed by atoms with E-state index in [0.717, 1.165) is 11.1 Å². The molecule has 2 aromatic heterocycles. The number of ether oxygens (including phenoxy) is 3. The summed E-state index contributed by atoms with van der Waals surface area (Å²) < 4.78 is 88.9. The molecule has 0 spiro atoms. The Kier molecular flexibility index (Phi) is 10.0. The van der Waals surface area contributed by atoms with Crippen LogP contribution >= 0.6 is 0 Å². The van der Waals surface area contributed by atoms with Gasteiger partial charge < -0.3 is 22.8 Å². The molecule has 5 rings (SSSR count). The maximum atomic E-state index is 12.4. The van der Waals surface area contributed by atoms with Crippen molar-refractivity contribution >= 4 is 22.3 Å². The van der Waals surface area contributed by atoms with Crippen LogP contribution in [-0.2, 0) is 34.6 Å². The summed E-state index contributed by atoms with van der Waals surface area (Å²) in [6.07, 6.45) is 1.33. The van der Waals surface area contributed by atoms with Gasteiger partial charge in [0.25, 0.3) is 5.88 Å². The van der Waals surface area contributed by atoms with Crippen LogP contribution < -0.4 is 13.7 Å². The zero-order valence-electron chi connectivity index (χ0n) is 24.3. The lowest BCUT2D eigenvalue weighted by atomic mass is 10.2. The Balaban J connectivity index is 1.01. The van der Waals surface area contributed by atoms with Gasteiger partial charge in [0.15, 0.2) is 0 Å². The molecule has 3 aromatic carbocycles. The molecule has 0 amide bonds. The highest BCUT2D eigenvalue weighted by molar-refractivity contribution is 7.87. The fraction of sp³-hybridized carbons (Fsp3) is 0.194. The van der Waals surface area contributed by atoms with E-state index in [2.05, 4.69) is 20.0 Å². The lowest BCUT2D eigenvalue weighted by Crippen LogP contribution is -2.16. The molecule has 0 radical (unpaired) electrons. The average molecular weight is 657 g/mol. The van der Waals surface area contributed by atoms with E-state index in [1.165, 1.54) is 53.5 Å². The highest BCUT2D eigenvalue weighted by atomic mass is 32.2. The van der Waals surface area contributed by atoms with Gasteiger partial charge in [-0.15, -0.1) is 13.2 Å². The molecule has 0 atom stereocenters. The monoisotopic (exact) mass is 656 g/mol. The van der Waals surface area contributed by atoms with Gasteiger partial charge in [-0.2, -0.15) is 8.42 Å². The maximum absolute atomic E-state index is 12.4. The van der Waals surface area contributed by atoms with Crippen molar-refractivity contribution in [1.29, 1.82) is 0 Å². The lowest BCUT2D eigenvalue weighted by Gasteiger charge is -2.08. The van der Waals surface area contributed by atoms with E-state index in [-0.39, 0.29) is 23.1 Å². The molecule has 0 aliphatic heterocycles. The molecule has 5 aromatic rings. The van der Waals surface area contributed by atoms with Crippen molar-refractivity contribution in [3.8, 4) is 17.4 Å². The maximum Gasteiger partial charge on any atom is 0.573 e. The minimum Gasteiger partial charge on any atom is -0.487 e. The molecule has 0 N–H and O–H groups in total. The van der Waals surface area contributed by atoms with Crippen LogP contribution in [0.3, 0.4) is 0 Å². The van der Waals surface area contributed by atoms with Gasteiger partial charge in [0.05, 0.1) is 26.0 Å². The molecule has 0 bridgehead atoms. The first kappa shape index (κ1) is 32.2. The summed E-state index contributed by atoms with van der Waals surface area (Å²) >= 11 is 0. The van der Waals surface area contributed by atoms with Gasteiger partial charge in [0.1, 0.15) is 35.0 Å². The molecule has 0 saturated heterocycles. The number of benzene rings is 3. The van der Waals surface area contributed by atoms with E-state index in [0.29, 0.717) is 42.7 Å². The van der Waals surface area contributed by atoms with Gasteiger partial charge in [-0.25, -0.2) is 9.67 Å². The minimum atomic E-state index is -4.74. The third-order valence-electron chi connectivity index (χ3n) is 6.17. The van der Waals surface area contributed by atoms with Crippen LogP contribution in [0.5, 0.6) is 17.4 Å². The summed E-state index contributed by atoms with van der Waals surface area (Å²) in [5.74, 6) is 0.479. The zero-order chi connectivity index (χ0) is 32.6. The first-order chi connectivity index (χ1) is 22.0. The number of alkyl halides is 3. The van der Waals surface area contributed by atoms with Crippen molar-refractivity contribution in [2.45, 2.75) is 37.9 Å². The van der Waals surface area contributed by atoms with Crippen molar-refractivity contribution in [3.63, 3.8) is 0 Å². The van der Waals surface area contributed by atoms with Crippen LogP contribution in [-0.4, -0.2) is 41.4 Å². The van der Waals surface area contributed by atoms with Crippen LogP contribution in [0, 0.1) is 6.92 Å². The third kappa shape index (κ3) is 9.67. The predicted molar refractivity (Wildman–Crippen MR) is 158 cm³/mol. The quantitative estimate of drug-likeness (QED) is 0.101. The fourth-order valence-corrected chi connectivity index (χ4v) is 4.76. The number of hydrogen-bond acceptors (Lipinski definition) is 10. The standard InChI is InChI=1S/C31H27F3N4O7S/c1-22-2-13-28(14-3-22)46(39,40)45-30-18-38(37-36-30)16-17-41-19-24-6-9-26(10-7-24)42-20-25-21-43-29(35-25)15-8-23-4-11-27(12-5-23)44-31(32,33)34/h2-15,18,21H,16-17,19-20H2,1H3. The van der Waals surface area contributed by atoms with Crippen LogP contribution in [0.4, 0.5) is 13.2 Å². The average Bonchev–Trinajstić information content (AvgIpc) is 3.67. The Morgan fingerprint density at radius 1 is 0.913 bits per heavy atom. The van der Waals surface area contributed by atoms with E-state index < -0.39 is 16.5 Å². The van der Waals surface area contributed by atoms with Crippen LogP contribution in [0.1, 0.15) is 28.3 Å². The SMILES string of the molecule is Cc1ccc(S(=O)(=O)Oc2cn(CCOCc3ccc(OCc4coc(C=Cc5ccc(OC(F)(F)F)cc5)n4)cc3)nn2)cc1. The highest BCUT2D eigenvalue weighted by Gasteiger charge is 2.30. The molecular formula is C31H27F3N4O7S. The second-order valence-electron chi connectivity index (χ2n) is 9.78. The smallest absolute Gasteiger partial charge is 0.487 e. The number of halogens is 3. The van der Waals surface area contributed by atoms with Crippen LogP contribution in [0.25, 0.3) is 12.2 Å². The Labute approximate surface area is 261 Å². The number of rotatable bonds is 14. The van der Waals surface area contributed by atoms with Crippen molar-refractivity contribution in [2.75, 3.05) is 6.61 Å². The zero-order valence-corrected chi connectivity index (χ0v) is 25.1. The molecule has 11 nitrogen and oxygen atoms in total. The number of oxazole rings is 1. The van der Waals surface area contributed by atoms with E-state index in [1.807, 2.05) is 19.1 Å². The molecule has 46 heavy (non-hydrogen) atoms.